The minimum absolute atomic E-state index is 0.0860. The van der Waals surface area contributed by atoms with Crippen molar-refractivity contribution < 1.29 is 18.4 Å². The first kappa shape index (κ1) is 24.3. The molecule has 0 aliphatic heterocycles. The van der Waals surface area contributed by atoms with Gasteiger partial charge in [-0.25, -0.2) is 0 Å². The third kappa shape index (κ3) is 6.83. The quantitative estimate of drug-likeness (QED) is 0.193. The lowest BCUT2D eigenvalue weighted by Gasteiger charge is -2.10. The number of carbonyl (C=O) groups excluding carboxylic acids is 2. The summed E-state index contributed by atoms with van der Waals surface area (Å²) in [7, 11) is 0. The number of thiocarbonyl (C=S) groups is 1. The standard InChI is InChI=1S/C25H17Cl2N3O4S/c26-16-11-15(12-17(27)13-16)21-8-6-20(34-21)7-9-23(31)30-25(35)29-19-4-1-3-18(14-19)28-24(32)22-5-2-10-33-22/h1-14H,(H,28,32)(H2,29,30,31,35)/b9-7+. The van der Waals surface area contributed by atoms with Gasteiger partial charge in [0.2, 0.25) is 5.91 Å². The van der Waals surface area contributed by atoms with Gasteiger partial charge < -0.3 is 19.5 Å². The number of amides is 2. The molecule has 7 nitrogen and oxygen atoms in total. The van der Waals surface area contributed by atoms with E-state index in [0.29, 0.717) is 32.9 Å². The van der Waals surface area contributed by atoms with E-state index in [9.17, 15) is 9.59 Å². The van der Waals surface area contributed by atoms with E-state index in [4.69, 9.17) is 44.3 Å². The molecule has 0 unspecified atom stereocenters. The summed E-state index contributed by atoms with van der Waals surface area (Å²) in [6.07, 6.45) is 4.22. The highest BCUT2D eigenvalue weighted by molar-refractivity contribution is 7.80. The molecule has 0 bridgehead atoms. The van der Waals surface area contributed by atoms with Crippen molar-refractivity contribution in [2.45, 2.75) is 0 Å². The van der Waals surface area contributed by atoms with Crippen LogP contribution in [0.25, 0.3) is 17.4 Å². The molecule has 0 radical (unpaired) electrons. The number of halogens is 2. The smallest absolute Gasteiger partial charge is 0.291 e. The predicted octanol–water partition coefficient (Wildman–Crippen LogP) is 6.63. The molecule has 176 valence electrons. The summed E-state index contributed by atoms with van der Waals surface area (Å²) in [6, 6.07) is 18.6. The molecule has 2 amide bonds. The molecule has 4 aromatic rings. The molecular weight excluding hydrogens is 509 g/mol. The van der Waals surface area contributed by atoms with Crippen molar-refractivity contribution >= 4 is 69.8 Å². The van der Waals surface area contributed by atoms with E-state index >= 15 is 0 Å². The largest absolute Gasteiger partial charge is 0.459 e. The lowest BCUT2D eigenvalue weighted by Crippen LogP contribution is -2.32. The van der Waals surface area contributed by atoms with Crippen LogP contribution in [0.3, 0.4) is 0 Å². The summed E-state index contributed by atoms with van der Waals surface area (Å²) in [5.41, 5.74) is 1.83. The van der Waals surface area contributed by atoms with Crippen molar-refractivity contribution in [3.8, 4) is 11.3 Å². The van der Waals surface area contributed by atoms with Crippen molar-refractivity contribution in [2.75, 3.05) is 10.6 Å². The maximum atomic E-state index is 12.3. The Morgan fingerprint density at radius 3 is 2.34 bits per heavy atom. The fraction of sp³-hybridized carbons (Fsp3) is 0. The number of rotatable bonds is 6. The maximum Gasteiger partial charge on any atom is 0.291 e. The Balaban J connectivity index is 1.31. The average Bonchev–Trinajstić information content (AvgIpc) is 3.50. The van der Waals surface area contributed by atoms with Gasteiger partial charge in [0.05, 0.1) is 6.26 Å². The minimum Gasteiger partial charge on any atom is -0.459 e. The van der Waals surface area contributed by atoms with Gasteiger partial charge in [-0.1, -0.05) is 29.3 Å². The second-order valence-electron chi connectivity index (χ2n) is 7.15. The Morgan fingerprint density at radius 1 is 0.886 bits per heavy atom. The number of hydrogen-bond donors (Lipinski definition) is 3. The highest BCUT2D eigenvalue weighted by Crippen LogP contribution is 2.29. The van der Waals surface area contributed by atoms with Gasteiger partial charge in [-0.3, -0.25) is 14.9 Å². The third-order valence-corrected chi connectivity index (χ3v) is 5.17. The zero-order valence-corrected chi connectivity index (χ0v) is 20.2. The summed E-state index contributed by atoms with van der Waals surface area (Å²) in [5.74, 6) is 0.384. The lowest BCUT2D eigenvalue weighted by molar-refractivity contribution is -0.115. The first-order chi connectivity index (χ1) is 16.9. The van der Waals surface area contributed by atoms with Gasteiger partial charge in [0, 0.05) is 33.1 Å². The average molecular weight is 526 g/mol. The minimum atomic E-state index is -0.450. The van der Waals surface area contributed by atoms with E-state index in [2.05, 4.69) is 16.0 Å². The fourth-order valence-corrected chi connectivity index (χ4v) is 3.79. The van der Waals surface area contributed by atoms with Crippen LogP contribution in [0.4, 0.5) is 11.4 Å². The van der Waals surface area contributed by atoms with Crippen LogP contribution in [0, 0.1) is 0 Å². The Morgan fingerprint density at radius 2 is 1.63 bits per heavy atom. The van der Waals surface area contributed by atoms with Gasteiger partial charge in [-0.15, -0.1) is 0 Å². The normalized spacial score (nSPS) is 10.8. The Labute approximate surface area is 215 Å². The third-order valence-electron chi connectivity index (χ3n) is 4.53. The zero-order valence-electron chi connectivity index (χ0n) is 17.9. The van der Waals surface area contributed by atoms with Crippen molar-refractivity contribution in [1.29, 1.82) is 0 Å². The van der Waals surface area contributed by atoms with Crippen molar-refractivity contribution in [1.82, 2.24) is 5.32 Å². The van der Waals surface area contributed by atoms with Gasteiger partial charge in [0.1, 0.15) is 11.5 Å². The van der Waals surface area contributed by atoms with Crippen molar-refractivity contribution in [3.63, 3.8) is 0 Å². The molecule has 0 atom stereocenters. The molecule has 0 aliphatic carbocycles. The Hall–Kier alpha value is -3.85. The Bertz CT molecular complexity index is 1390. The van der Waals surface area contributed by atoms with Crippen LogP contribution in [0.15, 0.2) is 87.9 Å². The summed E-state index contributed by atoms with van der Waals surface area (Å²) in [6.45, 7) is 0. The zero-order chi connectivity index (χ0) is 24.8. The summed E-state index contributed by atoms with van der Waals surface area (Å²) in [5, 5.41) is 9.24. The number of furan rings is 2. The van der Waals surface area contributed by atoms with E-state index in [1.54, 1.807) is 66.7 Å². The van der Waals surface area contributed by atoms with E-state index in [-0.39, 0.29) is 16.8 Å². The molecule has 0 spiro atoms. The van der Waals surface area contributed by atoms with E-state index in [0.717, 1.165) is 5.56 Å². The van der Waals surface area contributed by atoms with Gasteiger partial charge >= 0.3 is 0 Å². The van der Waals surface area contributed by atoms with Crippen LogP contribution in [0.1, 0.15) is 16.3 Å². The molecule has 4 rings (SSSR count). The summed E-state index contributed by atoms with van der Waals surface area (Å²) in [4.78, 5) is 24.4. The van der Waals surface area contributed by atoms with Gasteiger partial charge in [-0.05, 0) is 79.0 Å². The first-order valence-electron chi connectivity index (χ1n) is 10.2. The molecule has 2 heterocycles. The SMILES string of the molecule is O=C(/C=C/c1ccc(-c2cc(Cl)cc(Cl)c2)o1)NC(=S)Nc1cccc(NC(=O)c2ccco2)c1. The molecular formula is C25H17Cl2N3O4S. The maximum absolute atomic E-state index is 12.3. The molecule has 0 fully saturated rings. The number of carbonyl (C=O) groups is 2. The first-order valence-corrected chi connectivity index (χ1v) is 11.3. The van der Waals surface area contributed by atoms with Crippen LogP contribution in [-0.2, 0) is 4.79 Å². The Kier molecular flexibility index (Phi) is 7.67. The highest BCUT2D eigenvalue weighted by atomic mass is 35.5. The lowest BCUT2D eigenvalue weighted by atomic mass is 10.2. The second kappa shape index (κ2) is 11.1. The van der Waals surface area contributed by atoms with Crippen molar-refractivity contribution in [3.05, 3.63) is 101 Å². The van der Waals surface area contributed by atoms with Crippen LogP contribution in [0.5, 0.6) is 0 Å². The highest BCUT2D eigenvalue weighted by Gasteiger charge is 2.10. The molecule has 35 heavy (non-hydrogen) atoms. The number of hydrogen-bond acceptors (Lipinski definition) is 5. The second-order valence-corrected chi connectivity index (χ2v) is 8.43. The van der Waals surface area contributed by atoms with Crippen LogP contribution in [-0.4, -0.2) is 16.9 Å². The van der Waals surface area contributed by atoms with Gasteiger partial charge in [-0.2, -0.15) is 0 Å². The van der Waals surface area contributed by atoms with Crippen molar-refractivity contribution in [2.24, 2.45) is 0 Å². The fourth-order valence-electron chi connectivity index (χ4n) is 3.04. The van der Waals surface area contributed by atoms with E-state index in [1.807, 2.05) is 0 Å². The number of anilines is 2. The molecule has 3 N–H and O–H groups in total. The molecule has 2 aromatic carbocycles. The monoisotopic (exact) mass is 525 g/mol. The number of nitrogens with one attached hydrogen (secondary N) is 3. The molecule has 0 aliphatic rings. The number of benzene rings is 2. The van der Waals surface area contributed by atoms with Gasteiger partial charge in [0.25, 0.3) is 5.91 Å². The summed E-state index contributed by atoms with van der Waals surface area (Å²) >= 11 is 17.3. The molecule has 0 saturated heterocycles. The van der Waals surface area contributed by atoms with Crippen LogP contribution < -0.4 is 16.0 Å². The van der Waals surface area contributed by atoms with E-state index in [1.165, 1.54) is 18.4 Å². The molecule has 2 aromatic heterocycles. The molecule has 0 saturated carbocycles. The van der Waals surface area contributed by atoms with Gasteiger partial charge in [0.15, 0.2) is 10.9 Å². The van der Waals surface area contributed by atoms with Crippen LogP contribution >= 0.6 is 35.4 Å². The summed E-state index contributed by atoms with van der Waals surface area (Å²) < 4.78 is 10.8. The van der Waals surface area contributed by atoms with E-state index < -0.39 is 5.91 Å². The molecule has 10 heteroatoms. The predicted molar refractivity (Wildman–Crippen MR) is 141 cm³/mol. The topological polar surface area (TPSA) is 96.5 Å². The van der Waals surface area contributed by atoms with Crippen LogP contribution in [0.2, 0.25) is 10.0 Å².